The van der Waals surface area contributed by atoms with Crippen molar-refractivity contribution in [2.75, 3.05) is 0 Å². The third-order valence-electron chi connectivity index (χ3n) is 3.26. The van der Waals surface area contributed by atoms with Crippen molar-refractivity contribution >= 4 is 23.5 Å². The van der Waals surface area contributed by atoms with Gasteiger partial charge in [0.15, 0.2) is 0 Å². The summed E-state index contributed by atoms with van der Waals surface area (Å²) in [5.74, 6) is -0.341. The molecule has 0 aliphatic carbocycles. The van der Waals surface area contributed by atoms with Gasteiger partial charge in [0.05, 0.1) is 17.5 Å². The van der Waals surface area contributed by atoms with Crippen LogP contribution in [0.5, 0.6) is 5.75 Å². The lowest BCUT2D eigenvalue weighted by Crippen LogP contribution is -2.29. The number of rotatable bonds is 5. The molecule has 4 nitrogen and oxygen atoms in total. The van der Waals surface area contributed by atoms with E-state index in [0.29, 0.717) is 10.8 Å². The van der Waals surface area contributed by atoms with Crippen molar-refractivity contribution < 1.29 is 14.3 Å². The highest BCUT2D eigenvalue weighted by molar-refractivity contribution is 6.32. The van der Waals surface area contributed by atoms with Crippen molar-refractivity contribution in [3.63, 3.8) is 0 Å². The Morgan fingerprint density at radius 2 is 1.87 bits per heavy atom. The Morgan fingerprint density at radius 1 is 1.17 bits per heavy atom. The molecular weight excluding hydrogens is 314 g/mol. The maximum absolute atomic E-state index is 12.2. The lowest BCUT2D eigenvalue weighted by atomic mass is 10.0. The highest BCUT2D eigenvalue weighted by Gasteiger charge is 2.19. The Labute approximate surface area is 140 Å². The second-order valence-corrected chi connectivity index (χ2v) is 5.68. The van der Waals surface area contributed by atoms with E-state index in [-0.39, 0.29) is 12.3 Å². The molecule has 0 bridgehead atoms. The minimum absolute atomic E-state index is 0.0217. The van der Waals surface area contributed by atoms with Crippen molar-refractivity contribution in [2.45, 2.75) is 26.3 Å². The van der Waals surface area contributed by atoms with Crippen LogP contribution in [0.4, 0.5) is 0 Å². The molecule has 0 aliphatic rings. The fourth-order valence-electron chi connectivity index (χ4n) is 2.20. The molecule has 2 aromatic carbocycles. The average molecular weight is 332 g/mol. The second-order valence-electron chi connectivity index (χ2n) is 5.28. The fourth-order valence-corrected chi connectivity index (χ4v) is 2.36. The van der Waals surface area contributed by atoms with Crippen molar-refractivity contribution in [3.8, 4) is 5.75 Å². The number of carbonyl (C=O) groups is 2. The molecule has 1 unspecified atom stereocenters. The van der Waals surface area contributed by atoms with E-state index >= 15 is 0 Å². The van der Waals surface area contributed by atoms with Gasteiger partial charge in [0.2, 0.25) is 5.91 Å². The van der Waals surface area contributed by atoms with E-state index in [4.69, 9.17) is 16.3 Å². The summed E-state index contributed by atoms with van der Waals surface area (Å²) < 4.78 is 5.34. The smallest absolute Gasteiger partial charge is 0.313 e. The van der Waals surface area contributed by atoms with Gasteiger partial charge in [0.25, 0.3) is 0 Å². The van der Waals surface area contributed by atoms with Crippen molar-refractivity contribution in [3.05, 3.63) is 64.7 Å². The molecule has 0 saturated carbocycles. The zero-order valence-electron chi connectivity index (χ0n) is 13.0. The van der Waals surface area contributed by atoms with Crippen LogP contribution in [0.2, 0.25) is 5.02 Å². The minimum atomic E-state index is -0.458. The Balaban J connectivity index is 2.11. The standard InChI is InChI=1S/C18H18ClNO3/c1-12-8-9-15(19)17(10-12)23-18(22)11-16(20-13(2)21)14-6-4-3-5-7-14/h3-10,16H,11H2,1-2H3,(H,20,21). The topological polar surface area (TPSA) is 55.4 Å². The molecule has 120 valence electrons. The molecule has 23 heavy (non-hydrogen) atoms. The fraction of sp³-hybridized carbons (Fsp3) is 0.222. The van der Waals surface area contributed by atoms with E-state index in [1.54, 1.807) is 12.1 Å². The molecule has 0 radical (unpaired) electrons. The number of nitrogens with one attached hydrogen (secondary N) is 1. The molecule has 0 aliphatic heterocycles. The van der Waals surface area contributed by atoms with E-state index in [2.05, 4.69) is 5.32 Å². The average Bonchev–Trinajstić information content (AvgIpc) is 2.51. The van der Waals surface area contributed by atoms with Gasteiger partial charge in [0, 0.05) is 6.92 Å². The number of halogens is 1. The molecule has 1 atom stereocenters. The summed E-state index contributed by atoms with van der Waals surface area (Å²) in [6.45, 7) is 3.30. The van der Waals surface area contributed by atoms with Crippen molar-refractivity contribution in [1.29, 1.82) is 0 Å². The maximum Gasteiger partial charge on any atom is 0.313 e. The van der Waals surface area contributed by atoms with Gasteiger partial charge in [-0.2, -0.15) is 0 Å². The van der Waals surface area contributed by atoms with Gasteiger partial charge in [-0.25, -0.2) is 0 Å². The Bertz CT molecular complexity index is 701. The zero-order chi connectivity index (χ0) is 16.8. The third kappa shape index (κ3) is 5.11. The summed E-state index contributed by atoms with van der Waals surface area (Å²) in [6, 6.07) is 14.1. The summed E-state index contributed by atoms with van der Waals surface area (Å²) in [4.78, 5) is 23.6. The first-order chi connectivity index (χ1) is 11.0. The normalized spacial score (nSPS) is 11.6. The van der Waals surface area contributed by atoms with E-state index in [1.165, 1.54) is 6.92 Å². The molecule has 2 rings (SSSR count). The maximum atomic E-state index is 12.2. The summed E-state index contributed by atoms with van der Waals surface area (Å²) in [6.07, 6.45) is 0.0217. The van der Waals surface area contributed by atoms with Crippen molar-refractivity contribution in [2.24, 2.45) is 0 Å². The first-order valence-electron chi connectivity index (χ1n) is 7.24. The Kier molecular flexibility index (Phi) is 5.77. The molecule has 1 amide bonds. The Morgan fingerprint density at radius 3 is 2.52 bits per heavy atom. The van der Waals surface area contributed by atoms with Crippen LogP contribution in [0.3, 0.4) is 0 Å². The van der Waals surface area contributed by atoms with Crippen LogP contribution in [-0.2, 0) is 9.59 Å². The molecule has 0 saturated heterocycles. The highest BCUT2D eigenvalue weighted by atomic mass is 35.5. The zero-order valence-corrected chi connectivity index (χ0v) is 13.8. The molecule has 0 spiro atoms. The molecule has 0 fully saturated rings. The number of ether oxygens (including phenoxy) is 1. The van der Waals surface area contributed by atoms with Crippen LogP contribution in [0.1, 0.15) is 30.5 Å². The molecule has 0 heterocycles. The number of hydrogen-bond donors (Lipinski definition) is 1. The van der Waals surface area contributed by atoms with Crippen LogP contribution in [0, 0.1) is 6.92 Å². The SMILES string of the molecule is CC(=O)NC(CC(=O)Oc1cc(C)ccc1Cl)c1ccccc1. The van der Waals surface area contributed by atoms with E-state index in [1.807, 2.05) is 43.3 Å². The largest absolute Gasteiger partial charge is 0.425 e. The van der Waals surface area contributed by atoms with Crippen LogP contribution in [-0.4, -0.2) is 11.9 Å². The number of esters is 1. The number of benzene rings is 2. The van der Waals surface area contributed by atoms with Gasteiger partial charge in [-0.15, -0.1) is 0 Å². The van der Waals surface area contributed by atoms with E-state index in [0.717, 1.165) is 11.1 Å². The van der Waals surface area contributed by atoms with Gasteiger partial charge in [0.1, 0.15) is 5.75 Å². The predicted octanol–water partition coefficient (Wildman–Crippen LogP) is 3.82. The lowest BCUT2D eigenvalue weighted by molar-refractivity contribution is -0.135. The highest BCUT2D eigenvalue weighted by Crippen LogP contribution is 2.26. The summed E-state index contributed by atoms with van der Waals surface area (Å²) in [7, 11) is 0. The first-order valence-corrected chi connectivity index (χ1v) is 7.62. The summed E-state index contributed by atoms with van der Waals surface area (Å²) in [5.41, 5.74) is 1.79. The number of amides is 1. The number of carbonyl (C=O) groups excluding carboxylic acids is 2. The van der Waals surface area contributed by atoms with E-state index < -0.39 is 12.0 Å². The summed E-state index contributed by atoms with van der Waals surface area (Å²) in [5, 5.41) is 3.14. The van der Waals surface area contributed by atoms with Crippen molar-refractivity contribution in [1.82, 2.24) is 5.32 Å². The van der Waals surface area contributed by atoms with E-state index in [9.17, 15) is 9.59 Å². The first kappa shape index (κ1) is 17.0. The van der Waals surface area contributed by atoms with Crippen LogP contribution in [0.25, 0.3) is 0 Å². The van der Waals surface area contributed by atoms with Gasteiger partial charge < -0.3 is 10.1 Å². The third-order valence-corrected chi connectivity index (χ3v) is 3.57. The molecular formula is C18H18ClNO3. The van der Waals surface area contributed by atoms with Crippen LogP contribution < -0.4 is 10.1 Å². The quantitative estimate of drug-likeness (QED) is 0.669. The molecule has 1 N–H and O–H groups in total. The van der Waals surface area contributed by atoms with Gasteiger partial charge in [-0.05, 0) is 30.2 Å². The monoisotopic (exact) mass is 331 g/mol. The summed E-state index contributed by atoms with van der Waals surface area (Å²) >= 11 is 6.03. The van der Waals surface area contributed by atoms with Crippen LogP contribution >= 0.6 is 11.6 Å². The Hall–Kier alpha value is -2.33. The molecule has 0 aromatic heterocycles. The molecule has 5 heteroatoms. The van der Waals surface area contributed by atoms with Crippen LogP contribution in [0.15, 0.2) is 48.5 Å². The minimum Gasteiger partial charge on any atom is -0.425 e. The molecule has 2 aromatic rings. The van der Waals surface area contributed by atoms with Gasteiger partial charge >= 0.3 is 5.97 Å². The lowest BCUT2D eigenvalue weighted by Gasteiger charge is -2.17. The number of hydrogen-bond acceptors (Lipinski definition) is 3. The number of aryl methyl sites for hydroxylation is 1. The van der Waals surface area contributed by atoms with Gasteiger partial charge in [-0.3, -0.25) is 9.59 Å². The second kappa shape index (κ2) is 7.79. The van der Waals surface area contributed by atoms with Gasteiger partial charge in [-0.1, -0.05) is 48.0 Å². The predicted molar refractivity (Wildman–Crippen MR) is 89.4 cm³/mol.